The molecule has 1 unspecified atom stereocenters. The van der Waals surface area contributed by atoms with Gasteiger partial charge in [0, 0.05) is 11.5 Å². The number of thioether (sulfide) groups is 1. The van der Waals surface area contributed by atoms with Crippen LogP contribution in [0.1, 0.15) is 13.8 Å². The summed E-state index contributed by atoms with van der Waals surface area (Å²) in [6.07, 6.45) is 0.321. The molecular weight excluding hydrogens is 234 g/mol. The smallest absolute Gasteiger partial charge is 0.327 e. The lowest BCUT2D eigenvalue weighted by Crippen LogP contribution is -2.38. The molecule has 3 N–H and O–H groups in total. The summed E-state index contributed by atoms with van der Waals surface area (Å²) in [5.74, 6) is -1.64. The van der Waals surface area contributed by atoms with E-state index in [-0.39, 0.29) is 11.5 Å². The van der Waals surface area contributed by atoms with Crippen molar-refractivity contribution in [3.8, 4) is 0 Å². The van der Waals surface area contributed by atoms with Crippen molar-refractivity contribution in [2.24, 2.45) is 5.41 Å². The van der Waals surface area contributed by atoms with Gasteiger partial charge in [-0.15, -0.1) is 0 Å². The molecule has 0 aliphatic rings. The Labute approximate surface area is 97.4 Å². The molecule has 0 aromatic heterocycles. The van der Waals surface area contributed by atoms with E-state index in [1.807, 2.05) is 0 Å². The summed E-state index contributed by atoms with van der Waals surface area (Å²) in [5.41, 5.74) is -0.908. The Kier molecular flexibility index (Phi) is 5.87. The second kappa shape index (κ2) is 6.37. The van der Waals surface area contributed by atoms with Gasteiger partial charge in [-0.05, 0) is 13.8 Å². The number of carbonyl (C=O) groups excluding carboxylic acids is 1. The molecule has 0 saturated carbocycles. The zero-order chi connectivity index (χ0) is 12.8. The molecular formula is C9H15NO5S. The van der Waals surface area contributed by atoms with Crippen molar-refractivity contribution in [2.75, 3.05) is 11.5 Å². The minimum absolute atomic E-state index is 0.144. The number of hydrogen-bond acceptors (Lipinski definition) is 4. The number of rotatable bonds is 8. The van der Waals surface area contributed by atoms with Gasteiger partial charge in [-0.1, -0.05) is 0 Å². The number of hydrogen-bond donors (Lipinski definition) is 3. The molecule has 0 heterocycles. The molecule has 0 spiro atoms. The molecule has 0 aliphatic heterocycles. The van der Waals surface area contributed by atoms with Gasteiger partial charge in [0.05, 0.1) is 5.41 Å². The fraction of sp³-hybridized carbons (Fsp3) is 0.667. The highest BCUT2D eigenvalue weighted by molar-refractivity contribution is 7.99. The van der Waals surface area contributed by atoms with Crippen molar-refractivity contribution in [1.82, 2.24) is 5.32 Å². The molecule has 92 valence electrons. The monoisotopic (exact) mass is 249 g/mol. The first-order valence-electron chi connectivity index (χ1n) is 4.55. The average molecular weight is 249 g/mol. The first-order chi connectivity index (χ1) is 7.31. The quantitative estimate of drug-likeness (QED) is 0.524. The highest BCUT2D eigenvalue weighted by atomic mass is 32.2. The van der Waals surface area contributed by atoms with Crippen LogP contribution in [0.5, 0.6) is 0 Å². The van der Waals surface area contributed by atoms with E-state index in [1.165, 1.54) is 11.8 Å². The van der Waals surface area contributed by atoms with Gasteiger partial charge in [0.1, 0.15) is 6.04 Å². The van der Waals surface area contributed by atoms with E-state index in [0.717, 1.165) is 0 Å². The number of carboxylic acid groups (broad SMARTS) is 2. The van der Waals surface area contributed by atoms with Crippen LogP contribution in [0.4, 0.5) is 0 Å². The number of aliphatic carboxylic acids is 2. The van der Waals surface area contributed by atoms with Gasteiger partial charge < -0.3 is 15.5 Å². The van der Waals surface area contributed by atoms with Gasteiger partial charge in [0.25, 0.3) is 0 Å². The normalized spacial score (nSPS) is 12.9. The van der Waals surface area contributed by atoms with Gasteiger partial charge in [-0.2, -0.15) is 11.8 Å². The lowest BCUT2D eigenvalue weighted by Gasteiger charge is -2.19. The van der Waals surface area contributed by atoms with Crippen molar-refractivity contribution in [1.29, 1.82) is 0 Å². The first kappa shape index (κ1) is 14.8. The third kappa shape index (κ3) is 5.01. The summed E-state index contributed by atoms with van der Waals surface area (Å²) in [6.45, 7) is 3.12. The third-order valence-electron chi connectivity index (χ3n) is 1.89. The van der Waals surface area contributed by atoms with Crippen LogP contribution in [0, 0.1) is 5.41 Å². The minimum Gasteiger partial charge on any atom is -0.481 e. The van der Waals surface area contributed by atoms with Crippen LogP contribution in [0.25, 0.3) is 0 Å². The number of carbonyl (C=O) groups is 3. The molecule has 1 amide bonds. The fourth-order valence-corrected chi connectivity index (χ4v) is 1.99. The van der Waals surface area contributed by atoms with Crippen molar-refractivity contribution < 1.29 is 24.6 Å². The largest absolute Gasteiger partial charge is 0.481 e. The van der Waals surface area contributed by atoms with E-state index in [9.17, 15) is 14.4 Å². The Hall–Kier alpha value is -1.24. The number of nitrogens with one attached hydrogen (secondary N) is 1. The van der Waals surface area contributed by atoms with Gasteiger partial charge >= 0.3 is 11.9 Å². The number of amides is 1. The maximum absolute atomic E-state index is 10.8. The van der Waals surface area contributed by atoms with E-state index in [4.69, 9.17) is 10.2 Å². The van der Waals surface area contributed by atoms with Crippen LogP contribution in [-0.2, 0) is 14.4 Å². The Bertz CT molecular complexity index is 279. The molecule has 16 heavy (non-hydrogen) atoms. The SMILES string of the molecule is CC(C)(CSCC(NC=O)C(=O)O)C(=O)O. The minimum atomic E-state index is -1.13. The highest BCUT2D eigenvalue weighted by Gasteiger charge is 2.28. The van der Waals surface area contributed by atoms with E-state index < -0.39 is 23.4 Å². The van der Waals surface area contributed by atoms with E-state index >= 15 is 0 Å². The topological polar surface area (TPSA) is 104 Å². The van der Waals surface area contributed by atoms with Crippen LogP contribution in [-0.4, -0.2) is 46.1 Å². The summed E-state index contributed by atoms with van der Waals surface area (Å²) in [4.78, 5) is 31.5. The second-order valence-electron chi connectivity index (χ2n) is 3.88. The molecule has 0 rings (SSSR count). The van der Waals surface area contributed by atoms with E-state index in [0.29, 0.717) is 6.41 Å². The predicted octanol–water partition coefficient (Wildman–Crippen LogP) is 0.0296. The molecule has 0 aliphatic carbocycles. The summed E-state index contributed by atoms with van der Waals surface area (Å²) in [5, 5.41) is 19.7. The van der Waals surface area contributed by atoms with Crippen LogP contribution in [0.3, 0.4) is 0 Å². The zero-order valence-corrected chi connectivity index (χ0v) is 9.91. The molecule has 0 bridgehead atoms. The third-order valence-corrected chi connectivity index (χ3v) is 3.39. The van der Waals surface area contributed by atoms with Crippen molar-refractivity contribution in [3.05, 3.63) is 0 Å². The highest BCUT2D eigenvalue weighted by Crippen LogP contribution is 2.22. The van der Waals surface area contributed by atoms with Crippen LogP contribution >= 0.6 is 11.8 Å². The zero-order valence-electron chi connectivity index (χ0n) is 9.10. The Balaban J connectivity index is 4.08. The molecule has 0 saturated heterocycles. The molecule has 0 aromatic rings. The lowest BCUT2D eigenvalue weighted by molar-refractivity contribution is -0.145. The van der Waals surface area contributed by atoms with Crippen LogP contribution < -0.4 is 5.32 Å². The molecule has 7 heteroatoms. The fourth-order valence-electron chi connectivity index (χ4n) is 0.766. The Morgan fingerprint density at radius 1 is 1.44 bits per heavy atom. The Morgan fingerprint density at radius 2 is 2.00 bits per heavy atom. The average Bonchev–Trinajstić information content (AvgIpc) is 2.15. The molecule has 1 atom stereocenters. The molecule has 0 fully saturated rings. The van der Waals surface area contributed by atoms with E-state index in [2.05, 4.69) is 5.32 Å². The summed E-state index contributed by atoms with van der Waals surface area (Å²) < 4.78 is 0. The van der Waals surface area contributed by atoms with Crippen LogP contribution in [0.15, 0.2) is 0 Å². The van der Waals surface area contributed by atoms with Crippen LogP contribution in [0.2, 0.25) is 0 Å². The molecule has 0 radical (unpaired) electrons. The summed E-state index contributed by atoms with van der Waals surface area (Å²) >= 11 is 1.18. The lowest BCUT2D eigenvalue weighted by atomic mass is 9.97. The number of carboxylic acids is 2. The van der Waals surface area contributed by atoms with Gasteiger partial charge in [-0.3, -0.25) is 9.59 Å². The predicted molar refractivity (Wildman–Crippen MR) is 59.4 cm³/mol. The first-order valence-corrected chi connectivity index (χ1v) is 5.70. The van der Waals surface area contributed by atoms with Crippen molar-refractivity contribution in [2.45, 2.75) is 19.9 Å². The molecule has 0 aromatic carbocycles. The van der Waals surface area contributed by atoms with E-state index in [1.54, 1.807) is 13.8 Å². The summed E-state index contributed by atoms with van der Waals surface area (Å²) in [6, 6.07) is -0.980. The van der Waals surface area contributed by atoms with Gasteiger partial charge in [0.15, 0.2) is 0 Å². The van der Waals surface area contributed by atoms with Crippen molar-refractivity contribution >= 4 is 30.1 Å². The standard InChI is InChI=1S/C9H15NO5S/c1-9(2,8(14)15)4-16-3-6(7(12)13)10-5-11/h5-6H,3-4H2,1-2H3,(H,10,11)(H,12,13)(H,14,15). The van der Waals surface area contributed by atoms with Gasteiger partial charge in [0.2, 0.25) is 6.41 Å². The second-order valence-corrected chi connectivity index (χ2v) is 4.91. The van der Waals surface area contributed by atoms with Crippen molar-refractivity contribution in [3.63, 3.8) is 0 Å². The Morgan fingerprint density at radius 3 is 2.38 bits per heavy atom. The maximum Gasteiger partial charge on any atom is 0.327 e. The summed E-state index contributed by atoms with van der Waals surface area (Å²) in [7, 11) is 0. The van der Waals surface area contributed by atoms with Gasteiger partial charge in [-0.25, -0.2) is 4.79 Å². The molecule has 6 nitrogen and oxygen atoms in total. The maximum atomic E-state index is 10.8.